The summed E-state index contributed by atoms with van der Waals surface area (Å²) in [6.45, 7) is 1.97. The highest BCUT2D eigenvalue weighted by Gasteiger charge is 2.38. The standard InChI is InChI=1S/C18H21NO5S/c1-10-5-11(3-4-15(10)23-2)12-6-13(8-19-7-12)24-18-17(22)16(21)14(20)9-25-18/h3-8,14,16-18,20-22H,9H2,1-2H3/t14-,16+,17-,18-/m1/s1. The molecule has 2 heterocycles. The van der Waals surface area contributed by atoms with E-state index in [0.717, 1.165) is 22.4 Å². The summed E-state index contributed by atoms with van der Waals surface area (Å²) in [6, 6.07) is 7.68. The lowest BCUT2D eigenvalue weighted by Crippen LogP contribution is -2.50. The Kier molecular flexibility index (Phi) is 5.48. The van der Waals surface area contributed by atoms with Gasteiger partial charge in [0.2, 0.25) is 0 Å². The minimum absolute atomic E-state index is 0.299. The molecule has 0 bridgehead atoms. The molecule has 1 aliphatic rings. The van der Waals surface area contributed by atoms with Crippen LogP contribution in [0, 0.1) is 6.92 Å². The van der Waals surface area contributed by atoms with E-state index in [9.17, 15) is 15.3 Å². The summed E-state index contributed by atoms with van der Waals surface area (Å²) in [7, 11) is 1.64. The van der Waals surface area contributed by atoms with Crippen molar-refractivity contribution in [2.75, 3.05) is 12.9 Å². The Hall–Kier alpha value is -1.80. The van der Waals surface area contributed by atoms with Crippen molar-refractivity contribution in [3.63, 3.8) is 0 Å². The topological polar surface area (TPSA) is 92.0 Å². The third-order valence-corrected chi connectivity index (χ3v) is 5.39. The molecule has 0 amide bonds. The maximum Gasteiger partial charge on any atom is 0.173 e. The highest BCUT2D eigenvalue weighted by molar-refractivity contribution is 7.99. The number of hydrogen-bond acceptors (Lipinski definition) is 7. The van der Waals surface area contributed by atoms with E-state index < -0.39 is 23.7 Å². The molecule has 1 fully saturated rings. The third-order valence-electron chi connectivity index (χ3n) is 4.15. The Morgan fingerprint density at radius 2 is 1.88 bits per heavy atom. The van der Waals surface area contributed by atoms with Crippen molar-refractivity contribution in [1.82, 2.24) is 4.98 Å². The van der Waals surface area contributed by atoms with Gasteiger partial charge in [-0.15, -0.1) is 11.8 Å². The van der Waals surface area contributed by atoms with Crippen molar-refractivity contribution in [3.05, 3.63) is 42.2 Å². The summed E-state index contributed by atoms with van der Waals surface area (Å²) in [5, 5.41) is 29.4. The zero-order chi connectivity index (χ0) is 18.0. The predicted molar refractivity (Wildman–Crippen MR) is 95.9 cm³/mol. The number of pyridine rings is 1. The molecule has 0 aliphatic carbocycles. The van der Waals surface area contributed by atoms with Gasteiger partial charge < -0.3 is 24.8 Å². The van der Waals surface area contributed by atoms with Gasteiger partial charge in [0.05, 0.1) is 19.4 Å². The zero-order valence-corrected chi connectivity index (χ0v) is 14.8. The molecule has 0 saturated carbocycles. The molecule has 1 aliphatic heterocycles. The van der Waals surface area contributed by atoms with E-state index >= 15 is 0 Å². The normalized spacial score (nSPS) is 26.3. The van der Waals surface area contributed by atoms with Crippen molar-refractivity contribution in [2.24, 2.45) is 0 Å². The van der Waals surface area contributed by atoms with Crippen molar-refractivity contribution >= 4 is 11.8 Å². The summed E-state index contributed by atoms with van der Waals surface area (Å²) in [4.78, 5) is 4.20. The van der Waals surface area contributed by atoms with E-state index in [-0.39, 0.29) is 0 Å². The van der Waals surface area contributed by atoms with E-state index in [1.54, 1.807) is 19.5 Å². The number of aliphatic hydroxyl groups is 3. The molecule has 0 radical (unpaired) electrons. The number of hydrogen-bond donors (Lipinski definition) is 3. The highest BCUT2D eigenvalue weighted by atomic mass is 32.2. The Bertz CT molecular complexity index is 741. The number of rotatable bonds is 4. The number of thioether (sulfide) groups is 1. The maximum absolute atomic E-state index is 10.1. The van der Waals surface area contributed by atoms with Gasteiger partial charge in [0.15, 0.2) is 5.44 Å². The lowest BCUT2D eigenvalue weighted by molar-refractivity contribution is -0.0786. The molecule has 3 N–H and O–H groups in total. The number of methoxy groups -OCH3 is 1. The van der Waals surface area contributed by atoms with Gasteiger partial charge in [-0.05, 0) is 36.2 Å². The van der Waals surface area contributed by atoms with Crippen LogP contribution >= 0.6 is 11.8 Å². The van der Waals surface area contributed by atoms with E-state index in [1.807, 2.05) is 31.2 Å². The fraction of sp³-hybridized carbons (Fsp3) is 0.389. The largest absolute Gasteiger partial charge is 0.496 e. The number of aryl methyl sites for hydroxylation is 1. The summed E-state index contributed by atoms with van der Waals surface area (Å²) in [5.41, 5.74) is 2.21. The monoisotopic (exact) mass is 363 g/mol. The Balaban J connectivity index is 1.79. The van der Waals surface area contributed by atoms with Gasteiger partial charge in [-0.2, -0.15) is 0 Å². The van der Waals surface area contributed by atoms with Gasteiger partial charge in [-0.1, -0.05) is 6.07 Å². The number of aliphatic hydroxyl groups excluding tert-OH is 3. The molecule has 1 aromatic heterocycles. The molecule has 1 aromatic carbocycles. The predicted octanol–water partition coefficient (Wildman–Crippen LogP) is 1.60. The van der Waals surface area contributed by atoms with Gasteiger partial charge in [0, 0.05) is 17.5 Å². The molecule has 3 rings (SSSR count). The van der Waals surface area contributed by atoms with E-state index in [4.69, 9.17) is 9.47 Å². The van der Waals surface area contributed by atoms with Crippen LogP contribution in [-0.4, -0.2) is 56.9 Å². The van der Waals surface area contributed by atoms with Crippen LogP contribution < -0.4 is 9.47 Å². The van der Waals surface area contributed by atoms with Gasteiger partial charge in [-0.25, -0.2) is 0 Å². The summed E-state index contributed by atoms with van der Waals surface area (Å²) >= 11 is 1.26. The fourth-order valence-electron chi connectivity index (χ4n) is 2.72. The first-order valence-electron chi connectivity index (χ1n) is 7.92. The van der Waals surface area contributed by atoms with Crippen LogP contribution in [0.5, 0.6) is 11.5 Å². The van der Waals surface area contributed by atoms with Crippen LogP contribution in [0.1, 0.15) is 5.56 Å². The first-order valence-corrected chi connectivity index (χ1v) is 8.97. The first-order chi connectivity index (χ1) is 12.0. The van der Waals surface area contributed by atoms with Crippen molar-refractivity contribution < 1.29 is 24.8 Å². The van der Waals surface area contributed by atoms with Crippen LogP contribution in [0.25, 0.3) is 11.1 Å². The lowest BCUT2D eigenvalue weighted by Gasteiger charge is -2.34. The summed E-state index contributed by atoms with van der Waals surface area (Å²) in [6.07, 6.45) is -0.0410. The van der Waals surface area contributed by atoms with Gasteiger partial charge in [-0.3, -0.25) is 4.98 Å². The minimum Gasteiger partial charge on any atom is -0.496 e. The fourth-order valence-corrected chi connectivity index (χ4v) is 3.84. The SMILES string of the molecule is COc1ccc(-c2cncc(O[C@@H]3SC[C@@H](O)[C@H](O)[C@H]3O)c2)cc1C. The third kappa shape index (κ3) is 3.90. The molecule has 4 atom stereocenters. The number of nitrogens with zero attached hydrogens (tertiary/aromatic N) is 1. The van der Waals surface area contributed by atoms with Crippen LogP contribution in [0.2, 0.25) is 0 Å². The molecule has 6 nitrogen and oxygen atoms in total. The first kappa shape index (κ1) is 18.0. The van der Waals surface area contributed by atoms with Gasteiger partial charge >= 0.3 is 0 Å². The molecule has 2 aromatic rings. The summed E-state index contributed by atoms with van der Waals surface area (Å²) in [5.74, 6) is 1.61. The molecule has 25 heavy (non-hydrogen) atoms. The number of ether oxygens (including phenoxy) is 2. The lowest BCUT2D eigenvalue weighted by atomic mass is 10.0. The van der Waals surface area contributed by atoms with Crippen molar-refractivity contribution in [3.8, 4) is 22.6 Å². The van der Waals surface area contributed by atoms with Crippen LogP contribution in [-0.2, 0) is 0 Å². The van der Waals surface area contributed by atoms with Gasteiger partial charge in [0.1, 0.15) is 23.7 Å². The molecule has 7 heteroatoms. The minimum atomic E-state index is -1.22. The average Bonchev–Trinajstić information content (AvgIpc) is 2.62. The zero-order valence-electron chi connectivity index (χ0n) is 14.0. The van der Waals surface area contributed by atoms with Crippen LogP contribution in [0.4, 0.5) is 0 Å². The molecule has 134 valence electrons. The highest BCUT2D eigenvalue weighted by Crippen LogP contribution is 2.31. The maximum atomic E-state index is 10.1. The van der Waals surface area contributed by atoms with Crippen LogP contribution in [0.15, 0.2) is 36.7 Å². The van der Waals surface area contributed by atoms with Gasteiger partial charge in [0.25, 0.3) is 0 Å². The van der Waals surface area contributed by atoms with E-state index in [2.05, 4.69) is 4.98 Å². The molecule has 1 saturated heterocycles. The second-order valence-electron chi connectivity index (χ2n) is 5.96. The molecular formula is C18H21NO5S. The average molecular weight is 363 g/mol. The molecule has 0 unspecified atom stereocenters. The van der Waals surface area contributed by atoms with Crippen molar-refractivity contribution in [2.45, 2.75) is 30.7 Å². The Labute approximate surface area is 150 Å². The van der Waals surface area contributed by atoms with E-state index in [1.165, 1.54) is 11.8 Å². The molecule has 0 spiro atoms. The second-order valence-corrected chi connectivity index (χ2v) is 7.09. The summed E-state index contributed by atoms with van der Waals surface area (Å²) < 4.78 is 11.1. The smallest absolute Gasteiger partial charge is 0.173 e. The Morgan fingerprint density at radius 3 is 2.60 bits per heavy atom. The molecular weight excluding hydrogens is 342 g/mol. The second kappa shape index (κ2) is 7.61. The van der Waals surface area contributed by atoms with E-state index in [0.29, 0.717) is 11.5 Å². The Morgan fingerprint density at radius 1 is 1.08 bits per heavy atom. The number of aromatic nitrogens is 1. The van der Waals surface area contributed by atoms with Crippen molar-refractivity contribution in [1.29, 1.82) is 0 Å². The van der Waals surface area contributed by atoms with Crippen LogP contribution in [0.3, 0.4) is 0 Å². The quantitative estimate of drug-likeness (QED) is 0.760. The number of benzene rings is 1.